The zero-order chi connectivity index (χ0) is 20.4. The molecule has 0 spiro atoms. The Bertz CT molecular complexity index is 873. The number of rotatable bonds is 8. The number of ether oxygens (including phenoxy) is 1. The second-order valence-corrected chi connectivity index (χ2v) is 7.48. The quantitative estimate of drug-likeness (QED) is 0.379. The van der Waals surface area contributed by atoms with Gasteiger partial charge in [-0.25, -0.2) is 0 Å². The summed E-state index contributed by atoms with van der Waals surface area (Å²) in [5.41, 5.74) is 2.62. The van der Waals surface area contributed by atoms with Gasteiger partial charge < -0.3 is 14.7 Å². The van der Waals surface area contributed by atoms with E-state index in [9.17, 15) is 10.0 Å². The molecule has 0 bridgehead atoms. The molecule has 2 aliphatic heterocycles. The van der Waals surface area contributed by atoms with Crippen molar-refractivity contribution in [2.75, 3.05) is 49.3 Å². The monoisotopic (exact) mass is 420 g/mol. The first-order valence-electron chi connectivity index (χ1n) is 9.37. The van der Waals surface area contributed by atoms with Crippen LogP contribution in [0.15, 0.2) is 42.5 Å². The van der Waals surface area contributed by atoms with Crippen LogP contribution in [0.4, 0.5) is 17.1 Å². The molecule has 0 saturated carbocycles. The summed E-state index contributed by atoms with van der Waals surface area (Å²) in [7, 11) is 0. The van der Waals surface area contributed by atoms with E-state index in [1.807, 2.05) is 24.3 Å². The molecule has 29 heavy (non-hydrogen) atoms. The van der Waals surface area contributed by atoms with Crippen LogP contribution in [0.1, 0.15) is 0 Å². The molecule has 1 saturated heterocycles. The predicted octanol–water partition coefficient (Wildman–Crippen LogP) is 1.85. The molecule has 2 heterocycles. The number of anilines is 3. The second kappa shape index (κ2) is 8.32. The standard InChI is InChI=1S/C19H23ClN5O4/c20-14-1-3-15(4-2-14)23-9-7-22(8-10-23)12-16(26)13-28-17-5-6-18-19(11-17)24(18)29-25(21)27/h1-6,11,16,26H,7-10,12-13H2,(H2,21,27)/q+1/t16-,24?/m0/s1. The van der Waals surface area contributed by atoms with Gasteiger partial charge in [0, 0.05) is 49.5 Å². The number of nitrogens with zero attached hydrogens (tertiary/aromatic N) is 4. The summed E-state index contributed by atoms with van der Waals surface area (Å²) >= 11 is 5.95. The van der Waals surface area contributed by atoms with Crippen molar-refractivity contribution in [3.05, 3.63) is 52.4 Å². The Morgan fingerprint density at radius 1 is 1.10 bits per heavy atom. The third-order valence-corrected chi connectivity index (χ3v) is 5.22. The lowest BCUT2D eigenvalue weighted by molar-refractivity contribution is -0.812. The number of fused-ring (bicyclic) bond motifs is 1. The lowest BCUT2D eigenvalue weighted by Gasteiger charge is -2.36. The molecule has 0 aliphatic carbocycles. The van der Waals surface area contributed by atoms with Gasteiger partial charge >= 0.3 is 5.03 Å². The number of aliphatic hydroxyl groups is 1. The summed E-state index contributed by atoms with van der Waals surface area (Å²) in [6.45, 7) is 4.27. The summed E-state index contributed by atoms with van der Waals surface area (Å²) in [6.07, 6.45) is -0.602. The third kappa shape index (κ3) is 4.81. The first-order valence-corrected chi connectivity index (χ1v) is 9.75. The van der Waals surface area contributed by atoms with E-state index < -0.39 is 6.10 Å². The Labute approximate surface area is 173 Å². The van der Waals surface area contributed by atoms with Gasteiger partial charge in [-0.05, 0) is 36.4 Å². The van der Waals surface area contributed by atoms with E-state index in [0.29, 0.717) is 18.0 Å². The maximum atomic E-state index is 10.7. The fraction of sp³-hybridized carbons (Fsp3) is 0.368. The highest BCUT2D eigenvalue weighted by molar-refractivity contribution is 6.30. The van der Waals surface area contributed by atoms with Crippen molar-refractivity contribution in [1.29, 1.82) is 0 Å². The molecule has 1 atom stereocenters. The van der Waals surface area contributed by atoms with Gasteiger partial charge in [-0.15, -0.1) is 10.9 Å². The van der Waals surface area contributed by atoms with Crippen LogP contribution in [0, 0.1) is 4.91 Å². The maximum absolute atomic E-state index is 10.7. The zero-order valence-electron chi connectivity index (χ0n) is 15.8. The molecule has 1 fully saturated rings. The van der Waals surface area contributed by atoms with E-state index in [4.69, 9.17) is 27.1 Å². The van der Waals surface area contributed by atoms with Gasteiger partial charge in [-0.2, -0.15) is 0 Å². The number of aliphatic hydroxyl groups excluding tert-OH is 1. The van der Waals surface area contributed by atoms with E-state index in [1.165, 1.54) is 5.06 Å². The van der Waals surface area contributed by atoms with E-state index in [2.05, 4.69) is 9.80 Å². The van der Waals surface area contributed by atoms with Crippen molar-refractivity contribution in [1.82, 2.24) is 4.90 Å². The second-order valence-electron chi connectivity index (χ2n) is 7.04. The smallest absolute Gasteiger partial charge is 0.381 e. The highest BCUT2D eigenvalue weighted by Crippen LogP contribution is 2.49. The molecular weight excluding hydrogens is 398 g/mol. The molecule has 0 aromatic heterocycles. The Hall–Kier alpha value is -2.75. The predicted molar refractivity (Wildman–Crippen MR) is 109 cm³/mol. The van der Waals surface area contributed by atoms with E-state index in [0.717, 1.165) is 42.6 Å². The normalized spacial score (nSPS) is 16.9. The summed E-state index contributed by atoms with van der Waals surface area (Å²) in [5, 5.41) is 12.3. The minimum atomic E-state index is -0.602. The number of hydrazine groups is 1. The van der Waals surface area contributed by atoms with Crippen LogP contribution in [-0.2, 0) is 4.94 Å². The molecular formula is C19H23ClN5O4+. The van der Waals surface area contributed by atoms with Crippen LogP contribution in [0.25, 0.3) is 0 Å². The third-order valence-electron chi connectivity index (χ3n) is 4.97. The Morgan fingerprint density at radius 3 is 2.52 bits per heavy atom. The topological polar surface area (TPSA) is 94.3 Å². The number of nitrogens with two attached hydrogens (primary N) is 1. The van der Waals surface area contributed by atoms with Gasteiger partial charge in [-0.3, -0.25) is 4.90 Å². The lowest BCUT2D eigenvalue weighted by atomic mass is 10.2. The largest absolute Gasteiger partial charge is 0.491 e. The Kier molecular flexibility index (Phi) is 5.61. The number of benzene rings is 2. The molecule has 2 aliphatic rings. The highest BCUT2D eigenvalue weighted by Gasteiger charge is 2.37. The number of hydrogen-bond donors (Lipinski definition) is 2. The van der Waals surface area contributed by atoms with Crippen LogP contribution in [0.5, 0.6) is 5.75 Å². The first-order chi connectivity index (χ1) is 14.0. The summed E-state index contributed by atoms with van der Waals surface area (Å²) < 4.78 is 5.67. The minimum Gasteiger partial charge on any atom is -0.491 e. The first kappa shape index (κ1) is 19.6. The summed E-state index contributed by atoms with van der Waals surface area (Å²) in [6, 6.07) is 13.1. The zero-order valence-corrected chi connectivity index (χ0v) is 16.5. The van der Waals surface area contributed by atoms with E-state index in [-0.39, 0.29) is 11.6 Å². The fourth-order valence-electron chi connectivity index (χ4n) is 3.45. The van der Waals surface area contributed by atoms with Gasteiger partial charge in [0.15, 0.2) is 0 Å². The van der Waals surface area contributed by atoms with Gasteiger partial charge in [0.25, 0.3) is 0 Å². The summed E-state index contributed by atoms with van der Waals surface area (Å²) in [4.78, 5) is 20.0. The molecule has 0 amide bonds. The van der Waals surface area contributed by atoms with E-state index in [1.54, 1.807) is 18.2 Å². The van der Waals surface area contributed by atoms with Crippen molar-refractivity contribution in [2.45, 2.75) is 6.10 Å². The average molecular weight is 421 g/mol. The summed E-state index contributed by atoms with van der Waals surface area (Å²) in [5.74, 6) is 5.52. The molecule has 2 aromatic carbocycles. The van der Waals surface area contributed by atoms with Crippen LogP contribution in [-0.4, -0.2) is 60.5 Å². The van der Waals surface area contributed by atoms with E-state index >= 15 is 0 Å². The molecule has 0 radical (unpaired) electrons. The molecule has 4 rings (SSSR count). The van der Waals surface area contributed by atoms with Crippen LogP contribution >= 0.6 is 11.6 Å². The molecule has 3 N–H and O–H groups in total. The van der Waals surface area contributed by atoms with Crippen LogP contribution < -0.4 is 20.5 Å². The van der Waals surface area contributed by atoms with Crippen LogP contribution in [0.2, 0.25) is 5.02 Å². The van der Waals surface area contributed by atoms with Gasteiger partial charge in [-0.1, -0.05) is 16.5 Å². The number of halogens is 1. The van der Waals surface area contributed by atoms with Crippen LogP contribution in [0.3, 0.4) is 0 Å². The molecule has 154 valence electrons. The van der Waals surface area contributed by atoms with Crippen molar-refractivity contribution >= 4 is 28.7 Å². The molecule has 2 aromatic rings. The number of piperazine rings is 1. The van der Waals surface area contributed by atoms with Crippen molar-refractivity contribution in [2.24, 2.45) is 5.84 Å². The Morgan fingerprint density at radius 2 is 1.83 bits per heavy atom. The average Bonchev–Trinajstić information content (AvgIpc) is 3.38. The van der Waals surface area contributed by atoms with Gasteiger partial charge in [0.2, 0.25) is 0 Å². The highest BCUT2D eigenvalue weighted by atomic mass is 35.5. The van der Waals surface area contributed by atoms with Crippen molar-refractivity contribution < 1.29 is 19.8 Å². The number of β-amino-alcohol motifs (C(OH)–C–C–N with tert-alkyl or cyclic N) is 1. The lowest BCUT2D eigenvalue weighted by Crippen LogP contribution is -2.49. The van der Waals surface area contributed by atoms with Crippen molar-refractivity contribution in [3.8, 4) is 5.75 Å². The van der Waals surface area contributed by atoms with Gasteiger partial charge in [0.05, 0.1) is 0 Å². The number of hydrogen-bond acceptors (Lipinski definition) is 7. The van der Waals surface area contributed by atoms with Crippen molar-refractivity contribution in [3.63, 3.8) is 0 Å². The minimum absolute atomic E-state index is 0.114. The maximum Gasteiger partial charge on any atom is 0.381 e. The molecule has 10 heteroatoms. The molecule has 0 unspecified atom stereocenters. The van der Waals surface area contributed by atoms with Gasteiger partial charge in [0.1, 0.15) is 34.7 Å². The SMILES string of the molecule is N[N+](=O)ON1c2ccc(OC[C@@H](O)CN3CCN(c4ccc(Cl)cc4)CC3)cc21. The molecule has 9 nitrogen and oxygen atoms in total. The Balaban J connectivity index is 1.19. The fourth-order valence-corrected chi connectivity index (χ4v) is 3.57.